The molecule has 1 N–H and O–H groups in total. The van der Waals surface area contributed by atoms with Crippen LogP contribution >= 0.6 is 23.2 Å². The average molecular weight is 320 g/mol. The Kier molecular flexibility index (Phi) is 3.92. The summed E-state index contributed by atoms with van der Waals surface area (Å²) in [5.41, 5.74) is 5.08. The summed E-state index contributed by atoms with van der Waals surface area (Å²) >= 11 is 12.9. The van der Waals surface area contributed by atoms with E-state index in [4.69, 9.17) is 23.2 Å². The number of fused-ring (bicyclic) bond motifs is 1. The Balaban J connectivity index is 1.89. The number of anilines is 1. The van der Waals surface area contributed by atoms with Gasteiger partial charge in [0.15, 0.2) is 0 Å². The van der Waals surface area contributed by atoms with Gasteiger partial charge in [-0.15, -0.1) is 11.6 Å². The zero-order valence-corrected chi connectivity index (χ0v) is 13.1. The third-order valence-electron chi connectivity index (χ3n) is 3.85. The van der Waals surface area contributed by atoms with Crippen molar-refractivity contribution in [2.45, 2.75) is 25.1 Å². The molecule has 1 aliphatic heterocycles. The molecule has 21 heavy (non-hydrogen) atoms. The molecule has 2 aromatic carbocycles. The average Bonchev–Trinajstić information content (AvgIpc) is 2.79. The highest BCUT2D eigenvalue weighted by Crippen LogP contribution is 2.36. The van der Waals surface area contributed by atoms with Crippen LogP contribution in [0.1, 0.15) is 27.6 Å². The van der Waals surface area contributed by atoms with E-state index in [9.17, 15) is 4.79 Å². The predicted molar refractivity (Wildman–Crippen MR) is 87.3 cm³/mol. The second-order valence-corrected chi connectivity index (χ2v) is 6.29. The number of alkyl halides is 1. The third kappa shape index (κ3) is 2.92. The van der Waals surface area contributed by atoms with Crippen LogP contribution in [-0.2, 0) is 17.6 Å². The van der Waals surface area contributed by atoms with Gasteiger partial charge < -0.3 is 5.32 Å². The van der Waals surface area contributed by atoms with Gasteiger partial charge >= 0.3 is 0 Å². The maximum atomic E-state index is 11.4. The normalized spacial score (nSPS) is 14.7. The lowest BCUT2D eigenvalue weighted by molar-refractivity contribution is -0.115. The minimum atomic E-state index is -0.209. The topological polar surface area (TPSA) is 29.1 Å². The van der Waals surface area contributed by atoms with Crippen molar-refractivity contribution < 1.29 is 4.79 Å². The molecule has 2 nitrogen and oxygen atoms in total. The van der Waals surface area contributed by atoms with Crippen molar-refractivity contribution in [3.63, 3.8) is 0 Å². The smallest absolute Gasteiger partial charge is 0.228 e. The highest BCUT2D eigenvalue weighted by molar-refractivity contribution is 6.33. The molecule has 3 rings (SSSR count). The molecule has 0 saturated carbocycles. The number of carbonyl (C=O) groups is 1. The minimum absolute atomic E-state index is 0.00300. The molecular formula is C17H15Cl2NO. The summed E-state index contributed by atoms with van der Waals surface area (Å²) in [6, 6.07) is 11.9. The van der Waals surface area contributed by atoms with Crippen LogP contribution in [0, 0.1) is 6.92 Å². The molecule has 0 saturated heterocycles. The van der Waals surface area contributed by atoms with Crippen LogP contribution in [0.5, 0.6) is 0 Å². The summed E-state index contributed by atoms with van der Waals surface area (Å²) in [6.45, 7) is 2.08. The Labute approximate surface area is 134 Å². The van der Waals surface area contributed by atoms with Crippen LogP contribution in [0.15, 0.2) is 36.4 Å². The van der Waals surface area contributed by atoms with Gasteiger partial charge in [0.25, 0.3) is 0 Å². The first-order valence-electron chi connectivity index (χ1n) is 6.85. The van der Waals surface area contributed by atoms with Crippen molar-refractivity contribution in [3.05, 3.63) is 63.7 Å². The first kappa shape index (κ1) is 14.4. The Morgan fingerprint density at radius 3 is 2.81 bits per heavy atom. The van der Waals surface area contributed by atoms with Crippen molar-refractivity contribution >= 4 is 34.8 Å². The van der Waals surface area contributed by atoms with E-state index in [0.29, 0.717) is 17.9 Å². The van der Waals surface area contributed by atoms with Crippen molar-refractivity contribution in [1.29, 1.82) is 0 Å². The standard InChI is InChI=1S/C17H15Cl2NO/c1-10-4-2-3-5-11(10)7-14(18)13-6-12-8-17(21)20-16(12)9-15(13)19/h2-6,9,14H,7-8H2,1H3,(H,20,21). The van der Waals surface area contributed by atoms with E-state index in [1.165, 1.54) is 11.1 Å². The fraction of sp³-hybridized carbons (Fsp3) is 0.235. The predicted octanol–water partition coefficient (Wildman–Crippen LogP) is 4.67. The summed E-state index contributed by atoms with van der Waals surface area (Å²) in [7, 11) is 0. The summed E-state index contributed by atoms with van der Waals surface area (Å²) in [5.74, 6) is 0.00300. The molecule has 0 bridgehead atoms. The van der Waals surface area contributed by atoms with Crippen molar-refractivity contribution in [2.75, 3.05) is 5.32 Å². The number of halogens is 2. The van der Waals surface area contributed by atoms with E-state index < -0.39 is 0 Å². The molecule has 1 amide bonds. The van der Waals surface area contributed by atoms with Crippen molar-refractivity contribution in [2.24, 2.45) is 0 Å². The van der Waals surface area contributed by atoms with Gasteiger partial charge in [-0.2, -0.15) is 0 Å². The van der Waals surface area contributed by atoms with Gasteiger partial charge in [-0.1, -0.05) is 41.9 Å². The Hall–Kier alpha value is -1.51. The summed E-state index contributed by atoms with van der Waals surface area (Å²) < 4.78 is 0. The molecule has 0 aromatic heterocycles. The third-order valence-corrected chi connectivity index (χ3v) is 4.56. The SMILES string of the molecule is Cc1ccccc1CC(Cl)c1cc2c(cc1Cl)NC(=O)C2. The van der Waals surface area contributed by atoms with Gasteiger partial charge in [-0.3, -0.25) is 4.79 Å². The number of hydrogen-bond donors (Lipinski definition) is 1. The van der Waals surface area contributed by atoms with E-state index in [1.54, 1.807) is 6.07 Å². The molecule has 1 atom stereocenters. The molecule has 0 spiro atoms. The van der Waals surface area contributed by atoms with Crippen LogP contribution in [0.25, 0.3) is 0 Å². The van der Waals surface area contributed by atoms with E-state index in [1.807, 2.05) is 18.2 Å². The lowest BCUT2D eigenvalue weighted by Gasteiger charge is -2.15. The number of hydrogen-bond acceptors (Lipinski definition) is 1. The summed E-state index contributed by atoms with van der Waals surface area (Å²) in [5, 5.41) is 3.19. The summed E-state index contributed by atoms with van der Waals surface area (Å²) in [4.78, 5) is 11.4. The van der Waals surface area contributed by atoms with Crippen LogP contribution in [0.2, 0.25) is 5.02 Å². The molecule has 0 fully saturated rings. The molecule has 0 radical (unpaired) electrons. The maximum absolute atomic E-state index is 11.4. The number of rotatable bonds is 3. The molecule has 0 aliphatic carbocycles. The first-order chi connectivity index (χ1) is 10.0. The van der Waals surface area contributed by atoms with E-state index in [0.717, 1.165) is 16.8 Å². The van der Waals surface area contributed by atoms with Crippen molar-refractivity contribution in [1.82, 2.24) is 0 Å². The highest BCUT2D eigenvalue weighted by Gasteiger charge is 2.22. The molecule has 108 valence electrons. The Bertz CT molecular complexity index is 712. The van der Waals surface area contributed by atoms with E-state index in [2.05, 4.69) is 24.4 Å². The van der Waals surface area contributed by atoms with Gasteiger partial charge in [0, 0.05) is 10.7 Å². The second-order valence-electron chi connectivity index (χ2n) is 5.35. The fourth-order valence-corrected chi connectivity index (χ4v) is 3.35. The lowest BCUT2D eigenvalue weighted by atomic mass is 9.98. The van der Waals surface area contributed by atoms with Crippen LogP contribution in [0.4, 0.5) is 5.69 Å². The fourth-order valence-electron chi connectivity index (χ4n) is 2.65. The first-order valence-corrected chi connectivity index (χ1v) is 7.67. The quantitative estimate of drug-likeness (QED) is 0.819. The molecule has 1 aliphatic rings. The van der Waals surface area contributed by atoms with Crippen LogP contribution < -0.4 is 5.32 Å². The molecule has 4 heteroatoms. The van der Waals surface area contributed by atoms with Gasteiger partial charge in [0.2, 0.25) is 5.91 Å². The van der Waals surface area contributed by atoms with Crippen LogP contribution in [-0.4, -0.2) is 5.91 Å². The van der Waals surface area contributed by atoms with E-state index >= 15 is 0 Å². The van der Waals surface area contributed by atoms with Gasteiger partial charge in [-0.05, 0) is 41.7 Å². The zero-order chi connectivity index (χ0) is 15.0. The van der Waals surface area contributed by atoms with Gasteiger partial charge in [-0.25, -0.2) is 0 Å². The van der Waals surface area contributed by atoms with Crippen molar-refractivity contribution in [3.8, 4) is 0 Å². The number of benzene rings is 2. The lowest BCUT2D eigenvalue weighted by Crippen LogP contribution is -2.03. The largest absolute Gasteiger partial charge is 0.325 e. The Morgan fingerprint density at radius 1 is 1.29 bits per heavy atom. The number of carbonyl (C=O) groups excluding carboxylic acids is 1. The number of amides is 1. The molecular weight excluding hydrogens is 305 g/mol. The van der Waals surface area contributed by atoms with Gasteiger partial charge in [0.1, 0.15) is 0 Å². The van der Waals surface area contributed by atoms with Gasteiger partial charge in [0.05, 0.1) is 11.8 Å². The van der Waals surface area contributed by atoms with Crippen LogP contribution in [0.3, 0.4) is 0 Å². The maximum Gasteiger partial charge on any atom is 0.228 e. The summed E-state index contributed by atoms with van der Waals surface area (Å²) in [6.07, 6.45) is 1.11. The zero-order valence-electron chi connectivity index (χ0n) is 11.6. The highest BCUT2D eigenvalue weighted by atomic mass is 35.5. The molecule has 1 heterocycles. The minimum Gasteiger partial charge on any atom is -0.325 e. The number of aryl methyl sites for hydroxylation is 1. The number of nitrogens with one attached hydrogen (secondary N) is 1. The molecule has 1 unspecified atom stereocenters. The Morgan fingerprint density at radius 2 is 2.05 bits per heavy atom. The molecule has 2 aromatic rings. The second kappa shape index (κ2) is 5.70. The monoisotopic (exact) mass is 319 g/mol. The van der Waals surface area contributed by atoms with E-state index in [-0.39, 0.29) is 11.3 Å².